The van der Waals surface area contributed by atoms with Gasteiger partial charge in [0.05, 0.1) is 31.5 Å². The lowest BCUT2D eigenvalue weighted by Crippen LogP contribution is -2.53. The number of benzene rings is 1. The summed E-state index contributed by atoms with van der Waals surface area (Å²) in [6, 6.07) is 8.91. The highest BCUT2D eigenvalue weighted by atomic mass is 16.5. The minimum atomic E-state index is 0.139. The number of hydrogen-bond donors (Lipinski definition) is 1. The minimum Gasteiger partial charge on any atom is -0.375 e. The number of guanidine groups is 1. The van der Waals surface area contributed by atoms with Crippen molar-refractivity contribution in [1.29, 1.82) is 0 Å². The second kappa shape index (κ2) is 11.5. The van der Waals surface area contributed by atoms with Crippen molar-refractivity contribution in [2.24, 2.45) is 4.99 Å². The molecule has 0 aromatic heterocycles. The van der Waals surface area contributed by atoms with Crippen LogP contribution in [0.1, 0.15) is 44.7 Å². The molecule has 0 saturated carbocycles. The van der Waals surface area contributed by atoms with Gasteiger partial charge in [0.1, 0.15) is 6.10 Å². The Labute approximate surface area is 193 Å². The fourth-order valence-electron chi connectivity index (χ4n) is 5.00. The molecule has 0 aliphatic carbocycles. The van der Waals surface area contributed by atoms with Crippen molar-refractivity contribution in [3.8, 4) is 0 Å². The summed E-state index contributed by atoms with van der Waals surface area (Å²) in [7, 11) is 0. The largest absolute Gasteiger partial charge is 0.375 e. The zero-order valence-electron chi connectivity index (χ0n) is 20.0. The molecule has 0 radical (unpaired) electrons. The first-order valence-corrected chi connectivity index (χ1v) is 12.3. The van der Waals surface area contributed by atoms with Gasteiger partial charge in [-0.05, 0) is 44.7 Å². The van der Waals surface area contributed by atoms with Crippen molar-refractivity contribution in [3.05, 3.63) is 35.4 Å². The molecule has 0 spiro atoms. The third-order valence-electron chi connectivity index (χ3n) is 6.44. The summed E-state index contributed by atoms with van der Waals surface area (Å²) < 4.78 is 17.7. The topological polar surface area (TPSA) is 58.6 Å². The van der Waals surface area contributed by atoms with E-state index in [9.17, 15) is 0 Å². The van der Waals surface area contributed by atoms with Gasteiger partial charge < -0.3 is 24.4 Å². The smallest absolute Gasteiger partial charge is 0.194 e. The lowest BCUT2D eigenvalue weighted by Gasteiger charge is -2.37. The van der Waals surface area contributed by atoms with Gasteiger partial charge in [-0.2, -0.15) is 0 Å². The van der Waals surface area contributed by atoms with Crippen LogP contribution in [0.2, 0.25) is 0 Å². The Balaban J connectivity index is 1.33. The van der Waals surface area contributed by atoms with E-state index in [-0.39, 0.29) is 12.2 Å². The normalized spacial score (nSPS) is 30.0. The van der Waals surface area contributed by atoms with Gasteiger partial charge in [0.15, 0.2) is 5.96 Å². The second-order valence-electron chi connectivity index (χ2n) is 9.34. The maximum atomic E-state index is 6.01. The lowest BCUT2D eigenvalue weighted by atomic mass is 10.1. The molecule has 32 heavy (non-hydrogen) atoms. The quantitative estimate of drug-likeness (QED) is 0.538. The van der Waals surface area contributed by atoms with Crippen LogP contribution in [0.5, 0.6) is 0 Å². The number of ether oxygens (including phenoxy) is 3. The summed E-state index contributed by atoms with van der Waals surface area (Å²) in [6.07, 6.45) is 3.21. The van der Waals surface area contributed by atoms with Crippen LogP contribution in [0.4, 0.5) is 0 Å². The fourth-order valence-corrected chi connectivity index (χ4v) is 5.00. The van der Waals surface area contributed by atoms with Gasteiger partial charge in [-0.1, -0.05) is 24.3 Å². The summed E-state index contributed by atoms with van der Waals surface area (Å²) in [4.78, 5) is 9.75. The summed E-state index contributed by atoms with van der Waals surface area (Å²) in [5.74, 6) is 0.971. The van der Waals surface area contributed by atoms with Crippen LogP contribution in [0.25, 0.3) is 0 Å². The maximum absolute atomic E-state index is 6.01. The van der Waals surface area contributed by atoms with Crippen LogP contribution in [0.3, 0.4) is 0 Å². The van der Waals surface area contributed by atoms with E-state index in [0.717, 1.165) is 71.3 Å². The van der Waals surface area contributed by atoms with Crippen molar-refractivity contribution >= 4 is 5.96 Å². The standard InChI is InChI=1S/C25H40N4O3/c1-4-26-25(29-11-13-31-24(18-29)23-6-5-12-30-23)27-14-21-7-9-22(10-8-21)17-28-15-19(2)32-20(3)16-28/h7-10,19-20,23-24H,4-6,11-18H2,1-3H3,(H,26,27). The van der Waals surface area contributed by atoms with Crippen molar-refractivity contribution < 1.29 is 14.2 Å². The monoisotopic (exact) mass is 444 g/mol. The first kappa shape index (κ1) is 23.5. The van der Waals surface area contributed by atoms with Gasteiger partial charge >= 0.3 is 0 Å². The van der Waals surface area contributed by atoms with Gasteiger partial charge in [-0.25, -0.2) is 4.99 Å². The molecular formula is C25H40N4O3. The molecule has 3 aliphatic heterocycles. The molecule has 1 aromatic carbocycles. The van der Waals surface area contributed by atoms with E-state index in [4.69, 9.17) is 19.2 Å². The maximum Gasteiger partial charge on any atom is 0.194 e. The van der Waals surface area contributed by atoms with Crippen LogP contribution in [0, 0.1) is 0 Å². The first-order valence-electron chi connectivity index (χ1n) is 12.3. The highest BCUT2D eigenvalue weighted by Crippen LogP contribution is 2.21. The van der Waals surface area contributed by atoms with Crippen LogP contribution in [0.15, 0.2) is 29.3 Å². The minimum absolute atomic E-state index is 0.139. The van der Waals surface area contributed by atoms with E-state index in [1.165, 1.54) is 11.1 Å². The number of rotatable bonds is 6. The molecule has 0 amide bonds. The number of nitrogens with zero attached hydrogens (tertiary/aromatic N) is 3. The van der Waals surface area contributed by atoms with E-state index >= 15 is 0 Å². The lowest BCUT2D eigenvalue weighted by molar-refractivity contribution is -0.0817. The molecule has 1 aromatic rings. The van der Waals surface area contributed by atoms with Gasteiger partial charge in [0.25, 0.3) is 0 Å². The first-order chi connectivity index (χ1) is 15.6. The van der Waals surface area contributed by atoms with Crippen molar-refractivity contribution in [2.75, 3.05) is 45.9 Å². The molecule has 1 N–H and O–H groups in total. The predicted molar refractivity (Wildman–Crippen MR) is 127 cm³/mol. The van der Waals surface area contributed by atoms with Crippen LogP contribution in [-0.4, -0.2) is 86.1 Å². The predicted octanol–water partition coefficient (Wildman–Crippen LogP) is 2.64. The van der Waals surface area contributed by atoms with Gasteiger partial charge in [0.2, 0.25) is 0 Å². The van der Waals surface area contributed by atoms with E-state index < -0.39 is 0 Å². The Hall–Kier alpha value is -1.67. The molecule has 3 aliphatic rings. The summed E-state index contributed by atoms with van der Waals surface area (Å²) in [5, 5.41) is 3.47. The zero-order valence-corrected chi connectivity index (χ0v) is 20.0. The Morgan fingerprint density at radius 2 is 1.72 bits per heavy atom. The zero-order chi connectivity index (χ0) is 22.3. The molecule has 4 atom stereocenters. The fraction of sp³-hybridized carbons (Fsp3) is 0.720. The number of aliphatic imine (C=N–C) groups is 1. The van der Waals surface area contributed by atoms with E-state index in [1.807, 2.05) is 0 Å². The Kier molecular flexibility index (Phi) is 8.41. The van der Waals surface area contributed by atoms with Gasteiger partial charge in [-0.15, -0.1) is 0 Å². The Morgan fingerprint density at radius 3 is 2.41 bits per heavy atom. The van der Waals surface area contributed by atoms with Crippen molar-refractivity contribution in [2.45, 2.75) is 71.1 Å². The van der Waals surface area contributed by atoms with Crippen molar-refractivity contribution in [1.82, 2.24) is 15.1 Å². The highest BCUT2D eigenvalue weighted by Gasteiger charge is 2.32. The number of hydrogen-bond acceptors (Lipinski definition) is 5. The Morgan fingerprint density at radius 1 is 1.00 bits per heavy atom. The molecule has 7 nitrogen and oxygen atoms in total. The summed E-state index contributed by atoms with van der Waals surface area (Å²) in [5.41, 5.74) is 2.58. The van der Waals surface area contributed by atoms with E-state index in [1.54, 1.807) is 0 Å². The summed E-state index contributed by atoms with van der Waals surface area (Å²) >= 11 is 0. The molecule has 3 saturated heterocycles. The molecule has 3 fully saturated rings. The molecule has 3 heterocycles. The average Bonchev–Trinajstić information content (AvgIpc) is 3.32. The third-order valence-corrected chi connectivity index (χ3v) is 6.44. The molecule has 178 valence electrons. The molecule has 7 heteroatoms. The molecule has 4 unspecified atom stereocenters. The SMILES string of the molecule is CCNC(=NCc1ccc(CN2CC(C)OC(C)C2)cc1)N1CCOC(C2CCCO2)C1. The highest BCUT2D eigenvalue weighted by molar-refractivity contribution is 5.80. The molecule has 4 rings (SSSR count). The average molecular weight is 445 g/mol. The number of nitrogens with one attached hydrogen (secondary N) is 1. The van der Waals surface area contributed by atoms with Gasteiger partial charge in [-0.3, -0.25) is 4.90 Å². The van der Waals surface area contributed by atoms with Crippen LogP contribution < -0.4 is 5.32 Å². The van der Waals surface area contributed by atoms with E-state index in [0.29, 0.717) is 18.8 Å². The van der Waals surface area contributed by atoms with E-state index in [2.05, 4.69) is 60.2 Å². The summed E-state index contributed by atoms with van der Waals surface area (Å²) in [6.45, 7) is 14.2. The number of morpholine rings is 2. The van der Waals surface area contributed by atoms with Crippen molar-refractivity contribution in [3.63, 3.8) is 0 Å². The third kappa shape index (κ3) is 6.44. The molecule has 0 bridgehead atoms. The van der Waals surface area contributed by atoms with Crippen LogP contribution in [-0.2, 0) is 27.3 Å². The molecular weight excluding hydrogens is 404 g/mol. The van der Waals surface area contributed by atoms with Gasteiger partial charge in [0, 0.05) is 45.9 Å². The van der Waals surface area contributed by atoms with Crippen LogP contribution >= 0.6 is 0 Å². The Bertz CT molecular complexity index is 725. The second-order valence-corrected chi connectivity index (χ2v) is 9.34.